The van der Waals surface area contributed by atoms with Gasteiger partial charge in [0.15, 0.2) is 0 Å². The summed E-state index contributed by atoms with van der Waals surface area (Å²) in [5.41, 5.74) is 0.994. The van der Waals surface area contributed by atoms with Gasteiger partial charge in [0.25, 0.3) is 5.91 Å². The molecule has 0 bridgehead atoms. The number of ether oxygens (including phenoxy) is 2. The van der Waals surface area contributed by atoms with Crippen LogP contribution < -0.4 is 4.74 Å². The topological polar surface area (TPSA) is 96.3 Å². The van der Waals surface area contributed by atoms with Crippen molar-refractivity contribution in [1.82, 2.24) is 4.90 Å². The van der Waals surface area contributed by atoms with Crippen molar-refractivity contribution in [2.24, 2.45) is 22.7 Å². The van der Waals surface area contributed by atoms with E-state index in [2.05, 4.69) is 27.7 Å². The van der Waals surface area contributed by atoms with E-state index < -0.39 is 11.6 Å². The number of carbonyl (C=O) groups is 2. The molecule has 33 heavy (non-hydrogen) atoms. The molecule has 2 fully saturated rings. The normalized spacial score (nSPS) is 36.2. The maximum Gasteiger partial charge on any atom is 0.325 e. The minimum Gasteiger partial charge on any atom is -0.508 e. The van der Waals surface area contributed by atoms with E-state index in [4.69, 9.17) is 9.47 Å². The Morgan fingerprint density at radius 3 is 2.67 bits per heavy atom. The first-order valence-corrected chi connectivity index (χ1v) is 12.1. The van der Waals surface area contributed by atoms with Gasteiger partial charge in [0.2, 0.25) is 0 Å². The molecule has 5 atom stereocenters. The lowest BCUT2D eigenvalue weighted by Crippen LogP contribution is -2.66. The van der Waals surface area contributed by atoms with Gasteiger partial charge in [-0.05, 0) is 49.0 Å². The van der Waals surface area contributed by atoms with Crippen LogP contribution in [0.3, 0.4) is 0 Å². The first-order valence-electron chi connectivity index (χ1n) is 12.1. The third kappa shape index (κ3) is 2.84. The molecule has 4 aliphatic rings. The van der Waals surface area contributed by atoms with Crippen molar-refractivity contribution < 1.29 is 29.3 Å². The van der Waals surface area contributed by atoms with Crippen molar-refractivity contribution in [2.75, 3.05) is 13.7 Å². The van der Waals surface area contributed by atoms with E-state index in [0.717, 1.165) is 36.8 Å². The molecular weight excluding hydrogens is 422 g/mol. The molecule has 7 heteroatoms. The molecule has 1 aromatic rings. The van der Waals surface area contributed by atoms with Crippen molar-refractivity contribution in [1.29, 1.82) is 0 Å². The second kappa shape index (κ2) is 7.11. The highest BCUT2D eigenvalue weighted by Gasteiger charge is 2.67. The fraction of sp³-hybridized carbons (Fsp3) is 0.692. The number of aliphatic hydroxyl groups excluding tert-OH is 1. The van der Waals surface area contributed by atoms with Gasteiger partial charge in [-0.1, -0.05) is 27.7 Å². The lowest BCUT2D eigenvalue weighted by Gasteiger charge is -2.64. The number of esters is 1. The number of hydrogen-bond acceptors (Lipinski definition) is 6. The Kier molecular flexibility index (Phi) is 4.85. The maximum absolute atomic E-state index is 13.0. The van der Waals surface area contributed by atoms with Crippen molar-refractivity contribution in [3.63, 3.8) is 0 Å². The number of fused-ring (bicyclic) bond motifs is 5. The molecule has 2 aliphatic heterocycles. The molecule has 1 spiro atoms. The van der Waals surface area contributed by atoms with E-state index in [1.54, 1.807) is 0 Å². The second-order valence-corrected chi connectivity index (χ2v) is 11.5. The number of methoxy groups -OCH3 is 1. The largest absolute Gasteiger partial charge is 0.508 e. The van der Waals surface area contributed by atoms with E-state index in [1.807, 2.05) is 0 Å². The number of phenols is 1. The molecule has 7 nitrogen and oxygen atoms in total. The Morgan fingerprint density at radius 2 is 1.97 bits per heavy atom. The summed E-state index contributed by atoms with van der Waals surface area (Å²) in [5, 5.41) is 21.8. The summed E-state index contributed by atoms with van der Waals surface area (Å²) in [7, 11) is 1.30. The highest BCUT2D eigenvalue weighted by Crippen LogP contribution is 2.67. The molecule has 1 aromatic carbocycles. The average molecular weight is 458 g/mol. The predicted octanol–water partition coefficient (Wildman–Crippen LogP) is 3.43. The molecule has 0 radical (unpaired) electrons. The number of rotatable bonds is 2. The Balaban J connectivity index is 1.57. The van der Waals surface area contributed by atoms with Crippen molar-refractivity contribution in [3.8, 4) is 11.5 Å². The number of nitrogens with zero attached hydrogens (tertiary/aromatic N) is 1. The van der Waals surface area contributed by atoms with Crippen LogP contribution in [0.1, 0.15) is 74.9 Å². The molecule has 2 heterocycles. The zero-order valence-corrected chi connectivity index (χ0v) is 20.2. The van der Waals surface area contributed by atoms with Crippen LogP contribution in [0.4, 0.5) is 0 Å². The molecule has 5 rings (SSSR count). The minimum atomic E-state index is -0.513. The van der Waals surface area contributed by atoms with Gasteiger partial charge in [-0.15, -0.1) is 0 Å². The molecule has 2 N–H and O–H groups in total. The van der Waals surface area contributed by atoms with Gasteiger partial charge < -0.3 is 24.6 Å². The summed E-state index contributed by atoms with van der Waals surface area (Å²) < 4.78 is 11.7. The molecular formula is C26H35NO6. The van der Waals surface area contributed by atoms with Gasteiger partial charge in [-0.3, -0.25) is 9.59 Å². The van der Waals surface area contributed by atoms with Gasteiger partial charge in [0.1, 0.15) is 23.6 Å². The summed E-state index contributed by atoms with van der Waals surface area (Å²) in [4.78, 5) is 26.2. The summed E-state index contributed by atoms with van der Waals surface area (Å²) in [5.74, 6) is 0.474. The fourth-order valence-electron chi connectivity index (χ4n) is 7.67. The lowest BCUT2D eigenvalue weighted by molar-refractivity contribution is -0.210. The minimum absolute atomic E-state index is 0.0851. The van der Waals surface area contributed by atoms with Gasteiger partial charge >= 0.3 is 5.97 Å². The van der Waals surface area contributed by atoms with E-state index in [0.29, 0.717) is 17.7 Å². The first kappa shape index (κ1) is 22.5. The number of aliphatic hydroxyl groups is 1. The summed E-state index contributed by atoms with van der Waals surface area (Å²) in [6.45, 7) is 9.01. The Morgan fingerprint density at radius 1 is 1.24 bits per heavy atom. The quantitative estimate of drug-likeness (QED) is 0.661. The number of carbonyl (C=O) groups excluding carboxylic acids is 2. The number of phenolic OH excluding ortho intramolecular Hbond substituents is 1. The predicted molar refractivity (Wildman–Crippen MR) is 121 cm³/mol. The van der Waals surface area contributed by atoms with Crippen molar-refractivity contribution in [3.05, 3.63) is 22.8 Å². The van der Waals surface area contributed by atoms with E-state index in [1.165, 1.54) is 18.1 Å². The molecule has 0 saturated heterocycles. The van der Waals surface area contributed by atoms with Crippen LogP contribution >= 0.6 is 0 Å². The molecule has 2 saturated carbocycles. The van der Waals surface area contributed by atoms with Gasteiger partial charge in [-0.25, -0.2) is 0 Å². The number of amides is 1. The molecule has 180 valence electrons. The molecule has 2 aliphatic carbocycles. The Hall–Kier alpha value is -2.28. The zero-order chi connectivity index (χ0) is 23.9. The highest BCUT2D eigenvalue weighted by atomic mass is 16.5. The van der Waals surface area contributed by atoms with E-state index in [9.17, 15) is 19.8 Å². The average Bonchev–Trinajstić information content (AvgIpc) is 3.31. The Labute approximate surface area is 195 Å². The van der Waals surface area contributed by atoms with Crippen molar-refractivity contribution in [2.45, 2.75) is 78.0 Å². The Bertz CT molecular complexity index is 1030. The third-order valence-corrected chi connectivity index (χ3v) is 9.72. The zero-order valence-electron chi connectivity index (χ0n) is 20.2. The van der Waals surface area contributed by atoms with Gasteiger partial charge in [0.05, 0.1) is 25.3 Å². The number of hydrogen-bond donors (Lipinski definition) is 2. The van der Waals surface area contributed by atoms with Crippen LogP contribution in [-0.4, -0.2) is 52.3 Å². The van der Waals surface area contributed by atoms with Crippen LogP contribution in [0.25, 0.3) is 0 Å². The van der Waals surface area contributed by atoms with E-state index >= 15 is 0 Å². The first-order chi connectivity index (χ1) is 15.5. The lowest BCUT2D eigenvalue weighted by atomic mass is 9.43. The third-order valence-electron chi connectivity index (χ3n) is 9.72. The number of aromatic hydroxyl groups is 1. The van der Waals surface area contributed by atoms with E-state index in [-0.39, 0.29) is 53.5 Å². The molecule has 0 aromatic heterocycles. The monoisotopic (exact) mass is 457 g/mol. The SMILES string of the molecule is COC(=O)CN1Cc2c(cc(O)c3c2OC2(C3)C(C)CCC3C(C)(C)C(O)CCC32C)C1=O. The highest BCUT2D eigenvalue weighted by molar-refractivity contribution is 6.01. The summed E-state index contributed by atoms with van der Waals surface area (Å²) in [6, 6.07) is 1.54. The molecule has 5 unspecified atom stereocenters. The fourth-order valence-corrected chi connectivity index (χ4v) is 7.67. The van der Waals surface area contributed by atoms with Crippen LogP contribution in [0.5, 0.6) is 11.5 Å². The van der Waals surface area contributed by atoms with Crippen LogP contribution in [-0.2, 0) is 22.5 Å². The van der Waals surface area contributed by atoms with Crippen LogP contribution in [0.2, 0.25) is 0 Å². The van der Waals surface area contributed by atoms with Gasteiger partial charge in [0, 0.05) is 23.0 Å². The second-order valence-electron chi connectivity index (χ2n) is 11.5. The maximum atomic E-state index is 13.0. The van der Waals surface area contributed by atoms with Gasteiger partial charge in [-0.2, -0.15) is 0 Å². The smallest absolute Gasteiger partial charge is 0.325 e. The summed E-state index contributed by atoms with van der Waals surface area (Å²) in [6.07, 6.45) is 3.86. The van der Waals surface area contributed by atoms with Crippen LogP contribution in [0.15, 0.2) is 6.07 Å². The number of benzene rings is 1. The van der Waals surface area contributed by atoms with Crippen LogP contribution in [0, 0.1) is 22.7 Å². The summed E-state index contributed by atoms with van der Waals surface area (Å²) >= 11 is 0. The standard InChI is InChI=1S/C26H35NO6/c1-14-6-7-19-24(2,3)20(29)8-9-25(19,4)26(14)11-16-18(28)10-15-17(22(16)33-26)12-27(23(15)31)13-21(30)32-5/h10,14,19-20,28-29H,6-9,11-13H2,1-5H3. The molecule has 1 amide bonds. The van der Waals surface area contributed by atoms with Crippen molar-refractivity contribution >= 4 is 11.9 Å².